The van der Waals surface area contributed by atoms with Gasteiger partial charge in [-0.3, -0.25) is 5.10 Å². The van der Waals surface area contributed by atoms with Crippen molar-refractivity contribution in [3.63, 3.8) is 0 Å². The van der Waals surface area contributed by atoms with Gasteiger partial charge in [0.05, 0.1) is 16.8 Å². The molecule has 0 aliphatic heterocycles. The molecule has 0 amide bonds. The molecule has 0 aliphatic carbocycles. The average Bonchev–Trinajstić information content (AvgIpc) is 2.92. The molecule has 0 atom stereocenters. The fourth-order valence-electron chi connectivity index (χ4n) is 2.19. The van der Waals surface area contributed by atoms with E-state index in [0.717, 1.165) is 17.8 Å². The second-order valence-corrected chi connectivity index (χ2v) is 5.65. The van der Waals surface area contributed by atoms with Gasteiger partial charge in [0.25, 0.3) is 0 Å². The molecule has 0 spiro atoms. The Kier molecular flexibility index (Phi) is 4.25. The van der Waals surface area contributed by atoms with Crippen LogP contribution in [-0.2, 0) is 6.18 Å². The summed E-state index contributed by atoms with van der Waals surface area (Å²) in [5.41, 5.74) is 6.05. The lowest BCUT2D eigenvalue weighted by molar-refractivity contribution is -0.137. The normalized spacial score (nSPS) is 11.6. The molecular formula is C15H12ClF3N6. The number of hydrogen-bond donors (Lipinski definition) is 3. The van der Waals surface area contributed by atoms with E-state index in [-0.39, 0.29) is 17.1 Å². The molecule has 0 radical (unpaired) electrons. The lowest BCUT2D eigenvalue weighted by atomic mass is 10.1. The highest BCUT2D eigenvalue weighted by molar-refractivity contribution is 6.31. The fourth-order valence-corrected chi connectivity index (χ4v) is 2.41. The van der Waals surface area contributed by atoms with Gasteiger partial charge < -0.3 is 11.1 Å². The number of aryl methyl sites for hydroxylation is 1. The molecule has 0 bridgehead atoms. The van der Waals surface area contributed by atoms with Gasteiger partial charge in [0.15, 0.2) is 17.5 Å². The van der Waals surface area contributed by atoms with E-state index in [2.05, 4.69) is 25.5 Å². The van der Waals surface area contributed by atoms with Crippen molar-refractivity contribution in [1.29, 1.82) is 0 Å². The third-order valence-corrected chi connectivity index (χ3v) is 3.64. The second-order valence-electron chi connectivity index (χ2n) is 5.24. The Morgan fingerprint density at radius 3 is 2.56 bits per heavy atom. The summed E-state index contributed by atoms with van der Waals surface area (Å²) in [6.45, 7) is 1.83. The molecule has 2 heterocycles. The zero-order valence-corrected chi connectivity index (χ0v) is 13.6. The molecule has 25 heavy (non-hydrogen) atoms. The molecule has 3 aromatic rings. The first kappa shape index (κ1) is 17.0. The predicted molar refractivity (Wildman–Crippen MR) is 88.5 cm³/mol. The Labute approximate surface area is 145 Å². The van der Waals surface area contributed by atoms with Gasteiger partial charge in [-0.15, -0.1) is 0 Å². The summed E-state index contributed by atoms with van der Waals surface area (Å²) in [4.78, 5) is 8.21. The third kappa shape index (κ3) is 3.66. The molecule has 10 heteroatoms. The third-order valence-electron chi connectivity index (χ3n) is 3.31. The number of nitrogen functional groups attached to an aromatic ring is 1. The van der Waals surface area contributed by atoms with Gasteiger partial charge >= 0.3 is 6.18 Å². The van der Waals surface area contributed by atoms with Crippen LogP contribution in [0.25, 0.3) is 11.3 Å². The number of aromatic nitrogens is 4. The van der Waals surface area contributed by atoms with Crippen molar-refractivity contribution < 1.29 is 13.2 Å². The first-order valence-electron chi connectivity index (χ1n) is 7.02. The molecular weight excluding hydrogens is 357 g/mol. The molecule has 0 fully saturated rings. The topological polar surface area (TPSA) is 92.5 Å². The summed E-state index contributed by atoms with van der Waals surface area (Å²) in [7, 11) is 0. The van der Waals surface area contributed by atoms with Crippen molar-refractivity contribution in [3.8, 4) is 11.3 Å². The summed E-state index contributed by atoms with van der Waals surface area (Å²) in [5.74, 6) is 0.815. The van der Waals surface area contributed by atoms with E-state index in [4.69, 9.17) is 17.3 Å². The zero-order chi connectivity index (χ0) is 18.2. The number of halogens is 4. The zero-order valence-electron chi connectivity index (χ0n) is 12.8. The van der Waals surface area contributed by atoms with Gasteiger partial charge in [-0.25, -0.2) is 9.97 Å². The standard InChI is InChI=1S/C15H12ClF3N6/c1-7-4-11(25-24-7)22-12-6-21-13(14(20)23-12)8-2-3-10(16)9(5-8)15(17,18)19/h2-6H,1H3,(H4,20,22,23,24,25). The van der Waals surface area contributed by atoms with Crippen molar-refractivity contribution in [1.82, 2.24) is 20.2 Å². The number of rotatable bonds is 3. The Hall–Kier alpha value is -2.81. The molecule has 4 N–H and O–H groups in total. The van der Waals surface area contributed by atoms with Crippen LogP contribution in [0.3, 0.4) is 0 Å². The lowest BCUT2D eigenvalue weighted by Crippen LogP contribution is -2.07. The molecule has 3 rings (SSSR count). The van der Waals surface area contributed by atoms with Crippen molar-refractivity contribution in [2.45, 2.75) is 13.1 Å². The molecule has 130 valence electrons. The van der Waals surface area contributed by atoms with Gasteiger partial charge in [-0.2, -0.15) is 18.3 Å². The summed E-state index contributed by atoms with van der Waals surface area (Å²) in [5, 5.41) is 9.24. The van der Waals surface area contributed by atoms with Crippen LogP contribution in [0.5, 0.6) is 0 Å². The van der Waals surface area contributed by atoms with Crippen molar-refractivity contribution >= 4 is 29.1 Å². The van der Waals surface area contributed by atoms with Crippen LogP contribution in [0.15, 0.2) is 30.5 Å². The van der Waals surface area contributed by atoms with Gasteiger partial charge in [-0.05, 0) is 19.1 Å². The number of nitrogens with zero attached hydrogens (tertiary/aromatic N) is 3. The maximum atomic E-state index is 13.0. The maximum Gasteiger partial charge on any atom is 0.417 e. The first-order valence-corrected chi connectivity index (χ1v) is 7.40. The van der Waals surface area contributed by atoms with Gasteiger partial charge in [0.1, 0.15) is 5.69 Å². The molecule has 0 aliphatic rings. The van der Waals surface area contributed by atoms with Crippen LogP contribution in [0.1, 0.15) is 11.3 Å². The largest absolute Gasteiger partial charge is 0.417 e. The van der Waals surface area contributed by atoms with E-state index >= 15 is 0 Å². The Balaban J connectivity index is 1.93. The van der Waals surface area contributed by atoms with E-state index in [1.807, 2.05) is 6.92 Å². The maximum absolute atomic E-state index is 13.0. The van der Waals surface area contributed by atoms with Crippen molar-refractivity contribution in [3.05, 3.63) is 46.7 Å². The Morgan fingerprint density at radius 1 is 1.20 bits per heavy atom. The number of hydrogen-bond acceptors (Lipinski definition) is 5. The van der Waals surface area contributed by atoms with E-state index in [1.54, 1.807) is 6.07 Å². The smallest absolute Gasteiger partial charge is 0.382 e. The molecule has 0 unspecified atom stereocenters. The van der Waals surface area contributed by atoms with E-state index in [9.17, 15) is 13.2 Å². The minimum absolute atomic E-state index is 0.0206. The van der Waals surface area contributed by atoms with Crippen LogP contribution in [0, 0.1) is 6.92 Å². The highest BCUT2D eigenvalue weighted by Gasteiger charge is 2.33. The number of nitrogens with two attached hydrogens (primary N) is 1. The van der Waals surface area contributed by atoms with Crippen LogP contribution < -0.4 is 11.1 Å². The number of alkyl halides is 3. The number of anilines is 3. The number of benzene rings is 1. The van der Waals surface area contributed by atoms with E-state index in [1.165, 1.54) is 12.3 Å². The van der Waals surface area contributed by atoms with Crippen LogP contribution >= 0.6 is 11.6 Å². The molecule has 6 nitrogen and oxygen atoms in total. The molecule has 0 saturated carbocycles. The van der Waals surface area contributed by atoms with Crippen molar-refractivity contribution in [2.24, 2.45) is 0 Å². The van der Waals surface area contributed by atoms with E-state index in [0.29, 0.717) is 11.6 Å². The van der Waals surface area contributed by atoms with Gasteiger partial charge in [0, 0.05) is 17.3 Å². The molecule has 2 aromatic heterocycles. The average molecular weight is 369 g/mol. The van der Waals surface area contributed by atoms with Crippen LogP contribution in [0.2, 0.25) is 5.02 Å². The highest BCUT2D eigenvalue weighted by atomic mass is 35.5. The minimum atomic E-state index is -4.57. The minimum Gasteiger partial charge on any atom is -0.382 e. The van der Waals surface area contributed by atoms with Crippen molar-refractivity contribution in [2.75, 3.05) is 11.1 Å². The van der Waals surface area contributed by atoms with Gasteiger partial charge in [-0.1, -0.05) is 17.7 Å². The Bertz CT molecular complexity index is 922. The van der Waals surface area contributed by atoms with Crippen LogP contribution in [-0.4, -0.2) is 20.2 Å². The lowest BCUT2D eigenvalue weighted by Gasteiger charge is -2.12. The fraction of sp³-hybridized carbons (Fsp3) is 0.133. The predicted octanol–water partition coefficient (Wildman–Crippen LogP) is 4.17. The quantitative estimate of drug-likeness (QED) is 0.645. The van der Waals surface area contributed by atoms with E-state index < -0.39 is 16.8 Å². The number of aromatic amines is 1. The summed E-state index contributed by atoms with van der Waals surface area (Å²) < 4.78 is 38.9. The summed E-state index contributed by atoms with van der Waals surface area (Å²) in [6.07, 6.45) is -3.22. The van der Waals surface area contributed by atoms with Crippen LogP contribution in [0.4, 0.5) is 30.6 Å². The monoisotopic (exact) mass is 368 g/mol. The molecule has 0 saturated heterocycles. The SMILES string of the molecule is Cc1cc(Nc2cnc(-c3ccc(Cl)c(C(F)(F)F)c3)c(N)n2)n[nH]1. The van der Waals surface area contributed by atoms with Gasteiger partial charge in [0.2, 0.25) is 0 Å². The second kappa shape index (κ2) is 6.25. The number of H-pyrrole nitrogens is 1. The number of nitrogens with one attached hydrogen (secondary N) is 2. The molecule has 1 aromatic carbocycles. The first-order chi connectivity index (χ1) is 11.7. The Morgan fingerprint density at radius 2 is 1.96 bits per heavy atom. The summed E-state index contributed by atoms with van der Waals surface area (Å²) in [6, 6.07) is 5.20. The highest BCUT2D eigenvalue weighted by Crippen LogP contribution is 2.37. The summed E-state index contributed by atoms with van der Waals surface area (Å²) >= 11 is 5.62.